The number of carbonyl (C=O) groups excluding carboxylic acids is 1. The molecule has 0 aliphatic carbocycles. The van der Waals surface area contributed by atoms with Gasteiger partial charge < -0.3 is 14.5 Å². The van der Waals surface area contributed by atoms with Gasteiger partial charge in [-0.3, -0.25) is 9.78 Å². The van der Waals surface area contributed by atoms with Crippen molar-refractivity contribution in [3.05, 3.63) is 41.0 Å². The second-order valence-electron chi connectivity index (χ2n) is 6.85. The molecule has 2 saturated heterocycles. The Labute approximate surface area is 151 Å². The minimum atomic E-state index is -0.0425. The normalized spacial score (nSPS) is 24.3. The molecule has 0 radical (unpaired) electrons. The van der Waals surface area contributed by atoms with Crippen LogP contribution in [0.5, 0.6) is 0 Å². The van der Waals surface area contributed by atoms with Crippen molar-refractivity contribution < 1.29 is 9.53 Å². The highest BCUT2D eigenvalue weighted by molar-refractivity contribution is 7.12. The van der Waals surface area contributed by atoms with E-state index < -0.39 is 0 Å². The van der Waals surface area contributed by atoms with Gasteiger partial charge in [0.05, 0.1) is 24.3 Å². The van der Waals surface area contributed by atoms with Crippen molar-refractivity contribution >= 4 is 23.1 Å². The van der Waals surface area contributed by atoms with E-state index in [9.17, 15) is 4.79 Å². The maximum absolute atomic E-state index is 12.8. The van der Waals surface area contributed by atoms with E-state index in [1.165, 1.54) is 11.3 Å². The van der Waals surface area contributed by atoms with Crippen LogP contribution < -0.4 is 4.90 Å². The molecule has 2 aliphatic heterocycles. The van der Waals surface area contributed by atoms with E-state index in [0.29, 0.717) is 13.2 Å². The summed E-state index contributed by atoms with van der Waals surface area (Å²) in [5.41, 5.74) is -0.0425. The maximum atomic E-state index is 12.8. The van der Waals surface area contributed by atoms with Crippen molar-refractivity contribution in [1.29, 1.82) is 0 Å². The third-order valence-electron chi connectivity index (χ3n) is 4.99. The van der Waals surface area contributed by atoms with Crippen LogP contribution in [-0.2, 0) is 4.74 Å². The molecule has 1 amide bonds. The van der Waals surface area contributed by atoms with Crippen molar-refractivity contribution in [3.8, 4) is 0 Å². The summed E-state index contributed by atoms with van der Waals surface area (Å²) in [5.74, 6) is 1.03. The number of likely N-dealkylation sites (tertiary alicyclic amines) is 1. The Morgan fingerprint density at radius 1 is 1.28 bits per heavy atom. The lowest BCUT2D eigenvalue weighted by molar-refractivity contribution is 0.0137. The van der Waals surface area contributed by atoms with Crippen molar-refractivity contribution in [3.63, 3.8) is 0 Å². The molecule has 132 valence electrons. The molecule has 4 heterocycles. The molecule has 4 rings (SSSR count). The molecule has 0 aromatic carbocycles. The Morgan fingerprint density at radius 2 is 2.24 bits per heavy atom. The topological polar surface area (TPSA) is 58.6 Å². The fraction of sp³-hybridized carbons (Fsp3) is 0.500. The smallest absolute Gasteiger partial charge is 0.263 e. The van der Waals surface area contributed by atoms with Gasteiger partial charge in [-0.15, -0.1) is 11.3 Å². The highest BCUT2D eigenvalue weighted by Gasteiger charge is 2.40. The number of aromatic nitrogens is 2. The predicted octanol–water partition coefficient (Wildman–Crippen LogP) is 2.30. The fourth-order valence-electron chi connectivity index (χ4n) is 3.83. The minimum Gasteiger partial charge on any atom is -0.379 e. The number of ether oxygens (including phenoxy) is 1. The molecule has 0 bridgehead atoms. The van der Waals surface area contributed by atoms with Crippen LogP contribution in [0.15, 0.2) is 36.1 Å². The highest BCUT2D eigenvalue weighted by atomic mass is 32.1. The molecule has 1 atom stereocenters. The number of carbonyl (C=O) groups is 1. The molecule has 25 heavy (non-hydrogen) atoms. The molecule has 2 aromatic rings. The van der Waals surface area contributed by atoms with E-state index in [1.54, 1.807) is 18.6 Å². The van der Waals surface area contributed by atoms with Crippen LogP contribution in [0.25, 0.3) is 0 Å². The molecule has 1 spiro atoms. The van der Waals surface area contributed by atoms with Gasteiger partial charge in [0.25, 0.3) is 5.91 Å². The zero-order valence-electron chi connectivity index (χ0n) is 14.1. The molecule has 0 unspecified atom stereocenters. The third-order valence-corrected chi connectivity index (χ3v) is 5.85. The van der Waals surface area contributed by atoms with Crippen LogP contribution in [0.4, 0.5) is 5.82 Å². The summed E-state index contributed by atoms with van der Waals surface area (Å²) in [6.45, 7) is 4.58. The lowest BCUT2D eigenvalue weighted by Crippen LogP contribution is -2.52. The fourth-order valence-corrected chi connectivity index (χ4v) is 4.52. The SMILES string of the molecule is O=C(c1cccs1)N1CCC[C@@]2(COCCN(c3cnccn3)C2)C1. The summed E-state index contributed by atoms with van der Waals surface area (Å²) < 4.78 is 5.93. The molecular formula is C18H22N4O2S. The second-order valence-corrected chi connectivity index (χ2v) is 7.79. The van der Waals surface area contributed by atoms with Crippen molar-refractivity contribution in [2.75, 3.05) is 44.3 Å². The average molecular weight is 358 g/mol. The highest BCUT2D eigenvalue weighted by Crippen LogP contribution is 2.34. The van der Waals surface area contributed by atoms with Gasteiger partial charge in [-0.25, -0.2) is 4.98 Å². The molecule has 0 N–H and O–H groups in total. The average Bonchev–Trinajstić information content (AvgIpc) is 3.12. The maximum Gasteiger partial charge on any atom is 0.263 e. The van der Waals surface area contributed by atoms with Crippen molar-refractivity contribution in [1.82, 2.24) is 14.9 Å². The van der Waals surface area contributed by atoms with Gasteiger partial charge in [-0.05, 0) is 24.3 Å². The van der Waals surface area contributed by atoms with E-state index in [4.69, 9.17) is 4.74 Å². The van der Waals surface area contributed by atoms with Crippen LogP contribution in [0.2, 0.25) is 0 Å². The van der Waals surface area contributed by atoms with Gasteiger partial charge in [0.2, 0.25) is 0 Å². The first-order valence-corrected chi connectivity index (χ1v) is 9.55. The predicted molar refractivity (Wildman–Crippen MR) is 97.0 cm³/mol. The third kappa shape index (κ3) is 3.52. The standard InChI is InChI=1S/C18H22N4O2S/c23-17(15-3-1-10-25-15)22-7-2-4-18(13-22)12-21(8-9-24-14-18)16-11-19-5-6-20-16/h1,3,5-6,10-11H,2,4,7-9,12-14H2/t18-/m0/s1. The number of amides is 1. The quantitative estimate of drug-likeness (QED) is 0.824. The van der Waals surface area contributed by atoms with Crippen LogP contribution in [-0.4, -0.2) is 60.2 Å². The number of piperidine rings is 1. The Hall–Kier alpha value is -1.99. The monoisotopic (exact) mass is 358 g/mol. The molecule has 7 heteroatoms. The van der Waals surface area contributed by atoms with Crippen LogP contribution in [0.3, 0.4) is 0 Å². The van der Waals surface area contributed by atoms with E-state index in [1.807, 2.05) is 22.4 Å². The van der Waals surface area contributed by atoms with Gasteiger partial charge >= 0.3 is 0 Å². The summed E-state index contributed by atoms with van der Waals surface area (Å²) in [5, 5.41) is 1.96. The van der Waals surface area contributed by atoms with Gasteiger partial charge in [0, 0.05) is 44.0 Å². The van der Waals surface area contributed by atoms with Crippen LogP contribution >= 0.6 is 11.3 Å². The summed E-state index contributed by atoms with van der Waals surface area (Å²) in [6.07, 6.45) is 7.29. The molecule has 2 fully saturated rings. The lowest BCUT2D eigenvalue weighted by atomic mass is 9.80. The Bertz CT molecular complexity index is 709. The van der Waals surface area contributed by atoms with Gasteiger partial charge in [-0.2, -0.15) is 0 Å². The van der Waals surface area contributed by atoms with Crippen LogP contribution in [0, 0.1) is 5.41 Å². The van der Waals surface area contributed by atoms with E-state index in [-0.39, 0.29) is 11.3 Å². The number of thiophene rings is 1. The summed E-state index contributed by atoms with van der Waals surface area (Å²) in [4.78, 5) is 26.5. The largest absolute Gasteiger partial charge is 0.379 e. The van der Waals surface area contributed by atoms with Crippen molar-refractivity contribution in [2.45, 2.75) is 12.8 Å². The number of nitrogens with zero attached hydrogens (tertiary/aromatic N) is 4. The Kier molecular flexibility index (Phi) is 4.67. The first-order valence-electron chi connectivity index (χ1n) is 8.67. The van der Waals surface area contributed by atoms with E-state index >= 15 is 0 Å². The zero-order valence-corrected chi connectivity index (χ0v) is 15.0. The molecule has 0 saturated carbocycles. The first-order chi connectivity index (χ1) is 12.3. The molecular weight excluding hydrogens is 336 g/mol. The van der Waals surface area contributed by atoms with Crippen molar-refractivity contribution in [2.24, 2.45) is 5.41 Å². The van der Waals surface area contributed by atoms with E-state index in [0.717, 1.165) is 49.7 Å². The second kappa shape index (κ2) is 7.09. The van der Waals surface area contributed by atoms with Crippen LogP contribution in [0.1, 0.15) is 22.5 Å². The van der Waals surface area contributed by atoms with Gasteiger partial charge in [0.1, 0.15) is 5.82 Å². The zero-order chi connectivity index (χ0) is 17.1. The number of anilines is 1. The summed E-state index contributed by atoms with van der Waals surface area (Å²) in [7, 11) is 0. The van der Waals surface area contributed by atoms with E-state index in [2.05, 4.69) is 14.9 Å². The first kappa shape index (κ1) is 16.5. The number of rotatable bonds is 2. The molecule has 2 aromatic heterocycles. The van der Waals surface area contributed by atoms with Gasteiger partial charge in [-0.1, -0.05) is 6.07 Å². The Morgan fingerprint density at radius 3 is 3.04 bits per heavy atom. The lowest BCUT2D eigenvalue weighted by Gasteiger charge is -2.43. The summed E-state index contributed by atoms with van der Waals surface area (Å²) >= 11 is 1.51. The summed E-state index contributed by atoms with van der Waals surface area (Å²) in [6, 6.07) is 3.84. The Balaban J connectivity index is 1.53. The molecule has 6 nitrogen and oxygen atoms in total. The number of hydrogen-bond donors (Lipinski definition) is 0. The van der Waals surface area contributed by atoms with Gasteiger partial charge in [0.15, 0.2) is 0 Å². The molecule has 2 aliphatic rings. The number of hydrogen-bond acceptors (Lipinski definition) is 6. The minimum absolute atomic E-state index is 0.0425.